The van der Waals surface area contributed by atoms with Crippen LogP contribution in [0.15, 0.2) is 18.2 Å². The Balaban J connectivity index is 3.01. The number of carbonyl (C=O) groups is 1. The van der Waals surface area contributed by atoms with Crippen LogP contribution in [0.2, 0.25) is 5.02 Å². The van der Waals surface area contributed by atoms with E-state index in [0.717, 1.165) is 0 Å². The first-order chi connectivity index (χ1) is 8.97. The van der Waals surface area contributed by atoms with Crippen molar-refractivity contribution in [2.75, 3.05) is 18.8 Å². The van der Waals surface area contributed by atoms with Gasteiger partial charge in [-0.1, -0.05) is 31.5 Å². The molecular weight excluding hydrogens is 262 g/mol. The van der Waals surface area contributed by atoms with Gasteiger partial charge in [-0.15, -0.1) is 0 Å². The van der Waals surface area contributed by atoms with Gasteiger partial charge in [-0.05, 0) is 18.1 Å². The highest BCUT2D eigenvalue weighted by Crippen LogP contribution is 2.24. The van der Waals surface area contributed by atoms with E-state index in [9.17, 15) is 4.79 Å². The van der Waals surface area contributed by atoms with Crippen LogP contribution >= 0.6 is 11.6 Å². The fraction of sp³-hybridized carbons (Fsp3) is 0.429. The predicted octanol–water partition coefficient (Wildman–Crippen LogP) is 2.93. The van der Waals surface area contributed by atoms with Crippen molar-refractivity contribution in [1.82, 2.24) is 4.90 Å². The smallest absolute Gasteiger partial charge is 0.257 e. The number of nitrogens with zero attached hydrogens (tertiary/aromatic N) is 2. The number of anilines is 1. The summed E-state index contributed by atoms with van der Waals surface area (Å²) in [6.07, 6.45) is 0.294. The summed E-state index contributed by atoms with van der Waals surface area (Å²) in [6, 6.07) is 7.05. The summed E-state index contributed by atoms with van der Waals surface area (Å²) in [4.78, 5) is 14.1. The molecule has 0 saturated heterocycles. The zero-order chi connectivity index (χ0) is 14.4. The highest BCUT2D eigenvalue weighted by Gasteiger charge is 2.21. The third kappa shape index (κ3) is 4.15. The lowest BCUT2D eigenvalue weighted by molar-refractivity contribution is 0.0741. The summed E-state index contributed by atoms with van der Waals surface area (Å²) < 4.78 is 0. The molecule has 0 fully saturated rings. The van der Waals surface area contributed by atoms with Crippen molar-refractivity contribution in [1.29, 1.82) is 5.26 Å². The van der Waals surface area contributed by atoms with E-state index < -0.39 is 0 Å². The van der Waals surface area contributed by atoms with Crippen LogP contribution in [0.25, 0.3) is 0 Å². The number of nitriles is 1. The Labute approximate surface area is 118 Å². The van der Waals surface area contributed by atoms with Crippen molar-refractivity contribution in [2.45, 2.75) is 20.3 Å². The van der Waals surface area contributed by atoms with Gasteiger partial charge in [-0.3, -0.25) is 4.79 Å². The van der Waals surface area contributed by atoms with E-state index in [2.05, 4.69) is 0 Å². The molecule has 0 aliphatic rings. The largest absolute Gasteiger partial charge is 0.398 e. The highest BCUT2D eigenvalue weighted by molar-refractivity contribution is 6.34. The second-order valence-electron chi connectivity index (χ2n) is 4.76. The fourth-order valence-corrected chi connectivity index (χ4v) is 2.09. The molecule has 0 spiro atoms. The topological polar surface area (TPSA) is 70.1 Å². The van der Waals surface area contributed by atoms with E-state index in [0.29, 0.717) is 41.7 Å². The van der Waals surface area contributed by atoms with E-state index in [1.807, 2.05) is 19.9 Å². The van der Waals surface area contributed by atoms with E-state index in [-0.39, 0.29) is 5.91 Å². The van der Waals surface area contributed by atoms with Crippen molar-refractivity contribution in [3.05, 3.63) is 28.8 Å². The Bertz CT molecular complexity index is 474. The second kappa shape index (κ2) is 7.01. The molecule has 0 aromatic heterocycles. The Kier molecular flexibility index (Phi) is 5.65. The number of nitrogen functional groups attached to an aromatic ring is 1. The standard InChI is InChI=1S/C14H18ClN3O/c1-10(2)9-18(8-4-7-16)14(19)13-11(15)5-3-6-12(13)17/h3,5-6,10H,4,8-9,17H2,1-2H3. The monoisotopic (exact) mass is 279 g/mol. The van der Waals surface area contributed by atoms with Gasteiger partial charge in [-0.2, -0.15) is 5.26 Å². The third-order valence-corrected chi connectivity index (χ3v) is 2.94. The maximum atomic E-state index is 12.5. The van der Waals surface area contributed by atoms with Gasteiger partial charge in [0.1, 0.15) is 0 Å². The minimum absolute atomic E-state index is 0.216. The van der Waals surface area contributed by atoms with Gasteiger partial charge < -0.3 is 10.6 Å². The highest BCUT2D eigenvalue weighted by atomic mass is 35.5. The Morgan fingerprint density at radius 3 is 2.74 bits per heavy atom. The lowest BCUT2D eigenvalue weighted by Crippen LogP contribution is -2.35. The molecule has 5 heteroatoms. The summed E-state index contributed by atoms with van der Waals surface area (Å²) in [5.41, 5.74) is 6.51. The maximum absolute atomic E-state index is 12.5. The van der Waals surface area contributed by atoms with Crippen LogP contribution in [0.4, 0.5) is 5.69 Å². The number of halogens is 1. The normalized spacial score (nSPS) is 10.3. The van der Waals surface area contributed by atoms with Crippen molar-refractivity contribution in [3.63, 3.8) is 0 Å². The quantitative estimate of drug-likeness (QED) is 0.843. The molecule has 19 heavy (non-hydrogen) atoms. The summed E-state index contributed by atoms with van der Waals surface area (Å²) in [6.45, 7) is 4.99. The molecule has 0 aliphatic heterocycles. The number of hydrogen-bond acceptors (Lipinski definition) is 3. The molecule has 102 valence electrons. The van der Waals surface area contributed by atoms with E-state index in [1.165, 1.54) is 0 Å². The summed E-state index contributed by atoms with van der Waals surface area (Å²) in [5.74, 6) is 0.0957. The lowest BCUT2D eigenvalue weighted by Gasteiger charge is -2.24. The molecule has 0 radical (unpaired) electrons. The first-order valence-electron chi connectivity index (χ1n) is 6.17. The van der Waals surface area contributed by atoms with Gasteiger partial charge in [-0.25, -0.2) is 0 Å². The molecule has 2 N–H and O–H groups in total. The summed E-state index contributed by atoms with van der Waals surface area (Å²) in [5, 5.41) is 9.02. The van der Waals surface area contributed by atoms with Crippen LogP contribution < -0.4 is 5.73 Å². The Morgan fingerprint density at radius 1 is 1.53 bits per heavy atom. The maximum Gasteiger partial charge on any atom is 0.257 e. The first-order valence-corrected chi connectivity index (χ1v) is 6.55. The molecule has 0 saturated carbocycles. The van der Waals surface area contributed by atoms with Crippen molar-refractivity contribution in [3.8, 4) is 6.07 Å². The average molecular weight is 280 g/mol. The van der Waals surface area contributed by atoms with Crippen LogP contribution in [-0.4, -0.2) is 23.9 Å². The zero-order valence-corrected chi connectivity index (χ0v) is 11.9. The van der Waals surface area contributed by atoms with Gasteiger partial charge in [0, 0.05) is 18.8 Å². The molecule has 4 nitrogen and oxygen atoms in total. The molecule has 0 atom stereocenters. The third-order valence-electron chi connectivity index (χ3n) is 2.63. The summed E-state index contributed by atoms with van der Waals surface area (Å²) in [7, 11) is 0. The van der Waals surface area contributed by atoms with Crippen LogP contribution in [0.5, 0.6) is 0 Å². The van der Waals surface area contributed by atoms with E-state index in [4.69, 9.17) is 22.6 Å². The van der Waals surface area contributed by atoms with Crippen LogP contribution in [0, 0.1) is 17.2 Å². The van der Waals surface area contributed by atoms with Gasteiger partial charge >= 0.3 is 0 Å². The molecule has 1 aromatic carbocycles. The molecule has 0 bridgehead atoms. The predicted molar refractivity (Wildman–Crippen MR) is 76.8 cm³/mol. The minimum Gasteiger partial charge on any atom is -0.398 e. The molecule has 1 rings (SSSR count). The summed E-state index contributed by atoms with van der Waals surface area (Å²) >= 11 is 6.05. The molecule has 0 unspecified atom stereocenters. The van der Waals surface area contributed by atoms with Gasteiger partial charge in [0.05, 0.1) is 23.1 Å². The second-order valence-corrected chi connectivity index (χ2v) is 5.16. The average Bonchev–Trinajstić information content (AvgIpc) is 2.33. The van der Waals surface area contributed by atoms with Crippen molar-refractivity contribution < 1.29 is 4.79 Å². The first kappa shape index (κ1) is 15.3. The van der Waals surface area contributed by atoms with Crippen molar-refractivity contribution in [2.24, 2.45) is 5.92 Å². The van der Waals surface area contributed by atoms with Gasteiger partial charge in [0.2, 0.25) is 0 Å². The number of rotatable bonds is 5. The van der Waals surface area contributed by atoms with Crippen LogP contribution in [0.1, 0.15) is 30.6 Å². The lowest BCUT2D eigenvalue weighted by atomic mass is 10.1. The van der Waals surface area contributed by atoms with Gasteiger partial charge in [0.25, 0.3) is 5.91 Å². The molecular formula is C14H18ClN3O. The Hall–Kier alpha value is -1.73. The van der Waals surface area contributed by atoms with Crippen molar-refractivity contribution >= 4 is 23.2 Å². The van der Waals surface area contributed by atoms with Crippen LogP contribution in [0.3, 0.4) is 0 Å². The van der Waals surface area contributed by atoms with Gasteiger partial charge in [0.15, 0.2) is 0 Å². The number of carbonyl (C=O) groups excluding carboxylic acids is 1. The molecule has 0 aliphatic carbocycles. The molecule has 0 heterocycles. The minimum atomic E-state index is -0.216. The molecule has 1 aromatic rings. The number of hydrogen-bond donors (Lipinski definition) is 1. The van der Waals surface area contributed by atoms with Crippen LogP contribution in [-0.2, 0) is 0 Å². The SMILES string of the molecule is CC(C)CN(CCC#N)C(=O)c1c(N)cccc1Cl. The number of nitrogens with two attached hydrogens (primary N) is 1. The van der Waals surface area contributed by atoms with E-state index >= 15 is 0 Å². The molecule has 1 amide bonds. The van der Waals surface area contributed by atoms with E-state index in [1.54, 1.807) is 23.1 Å². The number of amides is 1. The fourth-order valence-electron chi connectivity index (χ4n) is 1.83. The Morgan fingerprint density at radius 2 is 2.21 bits per heavy atom. The number of benzene rings is 1. The zero-order valence-electron chi connectivity index (χ0n) is 11.2.